The first-order valence-electron chi connectivity index (χ1n) is 5.86. The summed E-state index contributed by atoms with van der Waals surface area (Å²) in [6, 6.07) is 2.49. The minimum absolute atomic E-state index is 0.263. The lowest BCUT2D eigenvalue weighted by molar-refractivity contribution is -0.139. The van der Waals surface area contributed by atoms with Crippen molar-refractivity contribution in [3.05, 3.63) is 29.6 Å². The van der Waals surface area contributed by atoms with Crippen molar-refractivity contribution in [3.8, 4) is 5.75 Å². The predicted molar refractivity (Wildman–Crippen MR) is 58.8 cm³/mol. The Hall–Kier alpha value is -1.26. The maximum Gasteiger partial charge on any atom is 0.420 e. The summed E-state index contributed by atoms with van der Waals surface area (Å²) in [4.78, 5) is 0. The quantitative estimate of drug-likeness (QED) is 0.739. The van der Waals surface area contributed by atoms with Crippen LogP contribution in [0.5, 0.6) is 5.75 Å². The van der Waals surface area contributed by atoms with E-state index in [4.69, 9.17) is 4.74 Å². The van der Waals surface area contributed by atoms with Crippen LogP contribution in [0.2, 0.25) is 0 Å². The van der Waals surface area contributed by atoms with E-state index >= 15 is 0 Å². The number of hydrogen-bond donors (Lipinski definition) is 0. The highest BCUT2D eigenvalue weighted by Crippen LogP contribution is 2.38. The highest BCUT2D eigenvalue weighted by Gasteiger charge is 2.35. The fourth-order valence-electron chi connectivity index (χ4n) is 2.26. The van der Waals surface area contributed by atoms with Crippen molar-refractivity contribution in [3.63, 3.8) is 0 Å². The maximum absolute atomic E-state index is 12.8. The number of alkyl halides is 3. The molecule has 1 saturated carbocycles. The van der Waals surface area contributed by atoms with E-state index < -0.39 is 17.6 Å². The van der Waals surface area contributed by atoms with Crippen LogP contribution in [0, 0.1) is 17.7 Å². The molecule has 1 aliphatic carbocycles. The number of ether oxygens (including phenoxy) is 1. The Labute approximate surface area is 103 Å². The number of benzene rings is 1. The molecule has 18 heavy (non-hydrogen) atoms. The lowest BCUT2D eigenvalue weighted by atomic mass is 9.77. The SMILES string of the molecule is C[C@H]1C[C@H](COc2ccc(F)cc2C(F)(F)F)C1. The molecule has 1 nitrogen and oxygen atoms in total. The number of rotatable bonds is 3. The van der Waals surface area contributed by atoms with Crippen molar-refractivity contribution in [2.75, 3.05) is 6.61 Å². The standard InChI is InChI=1S/C13H14F4O/c1-8-4-9(5-8)7-18-12-3-2-10(14)6-11(12)13(15,16)17/h2-3,6,8-9H,4-5,7H2,1H3/t8-,9-. The lowest BCUT2D eigenvalue weighted by Gasteiger charge is -2.32. The van der Waals surface area contributed by atoms with Crippen LogP contribution in [0.4, 0.5) is 17.6 Å². The maximum atomic E-state index is 12.8. The Morgan fingerprint density at radius 1 is 1.28 bits per heavy atom. The summed E-state index contributed by atoms with van der Waals surface area (Å²) in [7, 11) is 0. The van der Waals surface area contributed by atoms with Gasteiger partial charge in [-0.05, 0) is 42.9 Å². The zero-order valence-corrected chi connectivity index (χ0v) is 9.93. The van der Waals surface area contributed by atoms with Crippen LogP contribution in [0.1, 0.15) is 25.3 Å². The summed E-state index contributed by atoms with van der Waals surface area (Å²) in [6.07, 6.45) is -2.64. The molecular weight excluding hydrogens is 248 g/mol. The molecule has 1 aromatic rings. The van der Waals surface area contributed by atoms with Gasteiger partial charge in [-0.25, -0.2) is 4.39 Å². The summed E-state index contributed by atoms with van der Waals surface area (Å²) in [5.41, 5.74) is -1.05. The van der Waals surface area contributed by atoms with Crippen molar-refractivity contribution < 1.29 is 22.3 Å². The molecule has 5 heteroatoms. The Balaban J connectivity index is 2.07. The highest BCUT2D eigenvalue weighted by molar-refractivity contribution is 5.36. The second kappa shape index (κ2) is 4.78. The largest absolute Gasteiger partial charge is 0.493 e. The minimum atomic E-state index is -4.59. The van der Waals surface area contributed by atoms with Gasteiger partial charge in [0.2, 0.25) is 0 Å². The monoisotopic (exact) mass is 262 g/mol. The van der Waals surface area contributed by atoms with Crippen LogP contribution in [0.3, 0.4) is 0 Å². The first-order chi connectivity index (χ1) is 8.36. The molecule has 0 aliphatic heterocycles. The first-order valence-corrected chi connectivity index (χ1v) is 5.86. The van der Waals surface area contributed by atoms with E-state index in [9.17, 15) is 17.6 Å². The van der Waals surface area contributed by atoms with Gasteiger partial charge in [-0.3, -0.25) is 0 Å². The fraction of sp³-hybridized carbons (Fsp3) is 0.538. The molecule has 0 spiro atoms. The van der Waals surface area contributed by atoms with Gasteiger partial charge in [-0.2, -0.15) is 13.2 Å². The van der Waals surface area contributed by atoms with Gasteiger partial charge >= 0.3 is 6.18 Å². The average Bonchev–Trinajstić information content (AvgIpc) is 2.23. The van der Waals surface area contributed by atoms with Crippen molar-refractivity contribution in [1.82, 2.24) is 0 Å². The van der Waals surface area contributed by atoms with E-state index in [0.29, 0.717) is 17.9 Å². The number of hydrogen-bond acceptors (Lipinski definition) is 1. The first kappa shape index (κ1) is 13.2. The van der Waals surface area contributed by atoms with E-state index in [1.54, 1.807) is 0 Å². The van der Waals surface area contributed by atoms with Crippen LogP contribution < -0.4 is 4.74 Å². The van der Waals surface area contributed by atoms with E-state index in [2.05, 4.69) is 6.92 Å². The van der Waals surface area contributed by atoms with Crippen LogP contribution in [-0.4, -0.2) is 6.61 Å². The molecule has 0 atom stereocenters. The Morgan fingerprint density at radius 3 is 2.50 bits per heavy atom. The van der Waals surface area contributed by atoms with Gasteiger partial charge in [0.05, 0.1) is 6.61 Å². The van der Waals surface area contributed by atoms with Gasteiger partial charge < -0.3 is 4.74 Å². The van der Waals surface area contributed by atoms with Gasteiger partial charge in [0.15, 0.2) is 0 Å². The minimum Gasteiger partial charge on any atom is -0.493 e. The Bertz CT molecular complexity index is 421. The van der Waals surface area contributed by atoms with Crippen LogP contribution >= 0.6 is 0 Å². The van der Waals surface area contributed by atoms with Crippen LogP contribution in [0.25, 0.3) is 0 Å². The molecule has 0 N–H and O–H groups in total. The number of halogens is 4. The molecule has 0 bridgehead atoms. The molecule has 0 saturated heterocycles. The Kier molecular flexibility index (Phi) is 3.50. The predicted octanol–water partition coefficient (Wildman–Crippen LogP) is 4.27. The molecule has 0 radical (unpaired) electrons. The summed E-state index contributed by atoms with van der Waals surface area (Å²) in [5, 5.41) is 0. The van der Waals surface area contributed by atoms with E-state index in [0.717, 1.165) is 25.0 Å². The molecular formula is C13H14F4O. The fourth-order valence-corrected chi connectivity index (χ4v) is 2.26. The van der Waals surface area contributed by atoms with Gasteiger partial charge in [0.1, 0.15) is 17.1 Å². The van der Waals surface area contributed by atoms with E-state index in [1.165, 1.54) is 0 Å². The second-order valence-electron chi connectivity index (χ2n) is 4.89. The average molecular weight is 262 g/mol. The summed E-state index contributed by atoms with van der Waals surface area (Å²) in [5.74, 6) is -0.268. The Morgan fingerprint density at radius 2 is 1.94 bits per heavy atom. The van der Waals surface area contributed by atoms with E-state index in [1.807, 2.05) is 0 Å². The third-order valence-corrected chi connectivity index (χ3v) is 3.19. The van der Waals surface area contributed by atoms with Gasteiger partial charge in [-0.15, -0.1) is 0 Å². The molecule has 0 amide bonds. The zero-order chi connectivity index (χ0) is 13.3. The van der Waals surface area contributed by atoms with Crippen molar-refractivity contribution >= 4 is 0 Å². The molecule has 100 valence electrons. The normalized spacial score (nSPS) is 23.6. The molecule has 0 aromatic heterocycles. The molecule has 1 aromatic carbocycles. The molecule has 1 fully saturated rings. The van der Waals surface area contributed by atoms with Crippen molar-refractivity contribution in [2.24, 2.45) is 11.8 Å². The van der Waals surface area contributed by atoms with Gasteiger partial charge in [-0.1, -0.05) is 6.92 Å². The summed E-state index contributed by atoms with van der Waals surface area (Å²) >= 11 is 0. The zero-order valence-electron chi connectivity index (χ0n) is 9.93. The molecule has 1 aliphatic rings. The topological polar surface area (TPSA) is 9.23 Å². The van der Waals surface area contributed by atoms with Crippen molar-refractivity contribution in [2.45, 2.75) is 25.9 Å². The summed E-state index contributed by atoms with van der Waals surface area (Å²) < 4.78 is 56.0. The second-order valence-corrected chi connectivity index (χ2v) is 4.89. The third kappa shape index (κ3) is 2.94. The lowest BCUT2D eigenvalue weighted by Crippen LogP contribution is -2.27. The van der Waals surface area contributed by atoms with Gasteiger partial charge in [0, 0.05) is 0 Å². The summed E-state index contributed by atoms with van der Waals surface area (Å²) in [6.45, 7) is 2.36. The highest BCUT2D eigenvalue weighted by atomic mass is 19.4. The molecule has 2 rings (SSSR count). The third-order valence-electron chi connectivity index (χ3n) is 3.19. The smallest absolute Gasteiger partial charge is 0.420 e. The van der Waals surface area contributed by atoms with Crippen molar-refractivity contribution in [1.29, 1.82) is 0 Å². The van der Waals surface area contributed by atoms with Crippen LogP contribution in [-0.2, 0) is 6.18 Å². The molecule has 0 heterocycles. The molecule has 0 unspecified atom stereocenters. The van der Waals surface area contributed by atoms with E-state index in [-0.39, 0.29) is 12.4 Å². The van der Waals surface area contributed by atoms with Gasteiger partial charge in [0.25, 0.3) is 0 Å². The van der Waals surface area contributed by atoms with Crippen LogP contribution in [0.15, 0.2) is 18.2 Å².